The van der Waals surface area contributed by atoms with Crippen LogP contribution >= 0.6 is 11.6 Å². The fourth-order valence-corrected chi connectivity index (χ4v) is 4.85. The minimum atomic E-state index is -1.02. The number of aliphatic imine (C=N–C) groups is 2. The van der Waals surface area contributed by atoms with Crippen molar-refractivity contribution in [3.8, 4) is 0 Å². The number of dihydropyridines is 1. The number of hydrogen-bond donors (Lipinski definition) is 0. The molecule has 4 rings (SSSR count). The number of fused-ring (bicyclic) bond motifs is 1. The first-order chi connectivity index (χ1) is 15.3. The molecule has 0 spiro atoms. The molecule has 3 atom stereocenters. The van der Waals surface area contributed by atoms with Gasteiger partial charge in [-0.25, -0.2) is 8.78 Å². The number of nitrogens with zero attached hydrogens (tertiary/aromatic N) is 3. The van der Waals surface area contributed by atoms with Crippen molar-refractivity contribution in [2.75, 3.05) is 13.1 Å². The Kier molecular flexibility index (Phi) is 6.47. The molecule has 0 radical (unpaired) electrons. The van der Waals surface area contributed by atoms with E-state index in [2.05, 4.69) is 25.3 Å². The summed E-state index contributed by atoms with van der Waals surface area (Å²) in [5.74, 6) is 1.13. The number of benzene rings is 1. The minimum Gasteiger partial charge on any atom is -0.333 e. The zero-order valence-corrected chi connectivity index (χ0v) is 19.4. The zero-order valence-electron chi connectivity index (χ0n) is 18.7. The van der Waals surface area contributed by atoms with Gasteiger partial charge in [-0.15, -0.1) is 6.58 Å². The third-order valence-electron chi connectivity index (χ3n) is 6.03. The summed E-state index contributed by atoms with van der Waals surface area (Å²) in [6, 6.07) is 4.08. The lowest BCUT2D eigenvalue weighted by atomic mass is 9.88. The van der Waals surface area contributed by atoms with Gasteiger partial charge in [0.1, 0.15) is 23.9 Å². The second-order valence-electron chi connectivity index (χ2n) is 8.84. The molecule has 1 unspecified atom stereocenters. The number of hydrogen-bond acceptors (Lipinski definition) is 3. The lowest BCUT2D eigenvalue weighted by Crippen LogP contribution is -2.37. The Hall–Kier alpha value is -2.53. The summed E-state index contributed by atoms with van der Waals surface area (Å²) in [6.07, 6.45) is 7.22. The van der Waals surface area contributed by atoms with Crippen molar-refractivity contribution in [2.24, 2.45) is 21.8 Å². The van der Waals surface area contributed by atoms with E-state index in [4.69, 9.17) is 21.6 Å². The predicted molar refractivity (Wildman–Crippen MR) is 129 cm³/mol. The summed E-state index contributed by atoms with van der Waals surface area (Å²) >= 11 is 6.50. The monoisotopic (exact) mass is 455 g/mol. The summed E-state index contributed by atoms with van der Waals surface area (Å²) in [7, 11) is 0. The maximum absolute atomic E-state index is 13.8. The summed E-state index contributed by atoms with van der Waals surface area (Å²) in [5.41, 5.74) is 4.56. The highest BCUT2D eigenvalue weighted by molar-refractivity contribution is 6.31. The average Bonchev–Trinajstić information content (AvgIpc) is 3.17. The van der Waals surface area contributed by atoms with Crippen LogP contribution in [0.3, 0.4) is 0 Å². The fraction of sp³-hybridized carbons (Fsp3) is 0.385. The van der Waals surface area contributed by atoms with Crippen molar-refractivity contribution in [2.45, 2.75) is 39.4 Å². The van der Waals surface area contributed by atoms with Crippen molar-refractivity contribution in [1.82, 2.24) is 4.90 Å². The normalized spacial score (nSPS) is 25.2. The Labute approximate surface area is 193 Å². The number of allylic oxidation sites excluding steroid dienone is 3. The molecule has 3 aliphatic heterocycles. The smallest absolute Gasteiger partial charge is 0.124 e. The summed E-state index contributed by atoms with van der Waals surface area (Å²) in [4.78, 5) is 12.2. The van der Waals surface area contributed by atoms with Gasteiger partial charge >= 0.3 is 0 Å². The maximum Gasteiger partial charge on any atom is 0.124 e. The van der Waals surface area contributed by atoms with E-state index < -0.39 is 6.17 Å². The van der Waals surface area contributed by atoms with Gasteiger partial charge in [-0.3, -0.25) is 9.98 Å². The highest BCUT2D eigenvalue weighted by Gasteiger charge is 2.39. The van der Waals surface area contributed by atoms with Crippen molar-refractivity contribution >= 4 is 23.1 Å². The van der Waals surface area contributed by atoms with Gasteiger partial charge in [-0.05, 0) is 49.1 Å². The van der Waals surface area contributed by atoms with E-state index in [1.165, 1.54) is 19.1 Å². The molecule has 0 amide bonds. The van der Waals surface area contributed by atoms with E-state index in [0.29, 0.717) is 17.5 Å². The van der Waals surface area contributed by atoms with Crippen molar-refractivity contribution in [3.63, 3.8) is 0 Å². The van der Waals surface area contributed by atoms with Crippen LogP contribution in [0.1, 0.15) is 38.8 Å². The topological polar surface area (TPSA) is 28.0 Å². The quantitative estimate of drug-likeness (QED) is 0.457. The molecule has 6 heteroatoms. The summed E-state index contributed by atoms with van der Waals surface area (Å²) in [5, 5.41) is 0.346. The summed E-state index contributed by atoms with van der Waals surface area (Å²) < 4.78 is 27.2. The fourth-order valence-electron chi connectivity index (χ4n) is 4.58. The van der Waals surface area contributed by atoms with Gasteiger partial charge in [0.15, 0.2) is 0 Å². The van der Waals surface area contributed by atoms with Crippen LogP contribution in [-0.2, 0) is 0 Å². The first-order valence-electron chi connectivity index (χ1n) is 11.0. The van der Waals surface area contributed by atoms with Crippen LogP contribution in [-0.4, -0.2) is 35.7 Å². The lowest BCUT2D eigenvalue weighted by Gasteiger charge is -2.35. The van der Waals surface area contributed by atoms with Crippen LogP contribution < -0.4 is 0 Å². The third-order valence-corrected chi connectivity index (χ3v) is 6.36. The van der Waals surface area contributed by atoms with Gasteiger partial charge in [-0.1, -0.05) is 43.7 Å². The second-order valence-corrected chi connectivity index (χ2v) is 9.24. The predicted octanol–water partition coefficient (Wildman–Crippen LogP) is 6.65. The van der Waals surface area contributed by atoms with Crippen LogP contribution in [0.5, 0.6) is 0 Å². The molecule has 168 valence electrons. The molecule has 1 fully saturated rings. The molecule has 0 aromatic heterocycles. The Morgan fingerprint density at radius 1 is 1.25 bits per heavy atom. The molecule has 32 heavy (non-hydrogen) atoms. The van der Waals surface area contributed by atoms with Gasteiger partial charge in [-0.2, -0.15) is 0 Å². The Morgan fingerprint density at radius 2 is 2.03 bits per heavy atom. The lowest BCUT2D eigenvalue weighted by molar-refractivity contribution is 0.429. The van der Waals surface area contributed by atoms with Crippen LogP contribution in [0.2, 0.25) is 5.02 Å². The zero-order chi connectivity index (χ0) is 23.0. The molecule has 1 aromatic carbocycles. The van der Waals surface area contributed by atoms with Gasteiger partial charge in [0.25, 0.3) is 0 Å². The number of alkyl halides is 1. The van der Waals surface area contributed by atoms with Gasteiger partial charge in [0.2, 0.25) is 0 Å². The van der Waals surface area contributed by atoms with E-state index in [-0.39, 0.29) is 17.8 Å². The Morgan fingerprint density at radius 3 is 2.62 bits per heavy atom. The number of amidine groups is 1. The molecule has 0 saturated carbocycles. The summed E-state index contributed by atoms with van der Waals surface area (Å²) in [6.45, 7) is 11.0. The van der Waals surface area contributed by atoms with Gasteiger partial charge < -0.3 is 4.90 Å². The molecular weight excluding hydrogens is 428 g/mol. The first kappa shape index (κ1) is 22.7. The van der Waals surface area contributed by atoms with E-state index in [9.17, 15) is 8.78 Å². The maximum atomic E-state index is 13.8. The number of rotatable bonds is 5. The van der Waals surface area contributed by atoms with Crippen LogP contribution in [0.25, 0.3) is 0 Å². The molecule has 1 saturated heterocycles. The molecule has 0 aliphatic carbocycles. The molecule has 0 bridgehead atoms. The van der Waals surface area contributed by atoms with Gasteiger partial charge in [0, 0.05) is 34.3 Å². The van der Waals surface area contributed by atoms with E-state index in [1.54, 1.807) is 12.1 Å². The Balaban J connectivity index is 1.86. The van der Waals surface area contributed by atoms with Crippen molar-refractivity contribution < 1.29 is 8.78 Å². The molecule has 1 aromatic rings. The highest BCUT2D eigenvalue weighted by atomic mass is 35.5. The SMILES string of the molecule is C=C[C@H]1CC2=C(C3=NCC(=CC(C)F)C=C3)[C@H](c3ccc(F)cc3Cl)N=C(C(C)C)N2C1. The Bertz CT molecular complexity index is 1080. The van der Waals surface area contributed by atoms with Crippen LogP contribution in [0.4, 0.5) is 8.78 Å². The minimum absolute atomic E-state index is 0.209. The highest BCUT2D eigenvalue weighted by Crippen LogP contribution is 2.44. The first-order valence-corrected chi connectivity index (χ1v) is 11.4. The van der Waals surface area contributed by atoms with E-state index >= 15 is 0 Å². The molecule has 0 N–H and O–H groups in total. The number of halogens is 3. The van der Waals surface area contributed by atoms with E-state index in [1.807, 2.05) is 18.2 Å². The molecule has 3 heterocycles. The van der Waals surface area contributed by atoms with Crippen molar-refractivity contribution in [1.29, 1.82) is 0 Å². The third kappa shape index (κ3) is 4.36. The molecular formula is C26H28ClF2N3. The molecule has 3 nitrogen and oxygen atoms in total. The largest absolute Gasteiger partial charge is 0.333 e. The second kappa shape index (κ2) is 9.14. The van der Waals surface area contributed by atoms with Gasteiger partial charge in [0.05, 0.1) is 12.3 Å². The molecule has 3 aliphatic rings. The standard InChI is InChI=1S/C26H28ClF2N3/c1-5-17-11-23-24(22-9-6-18(13-30-22)10-16(4)28)25(20-8-7-19(29)12-21(20)27)31-26(15(2)3)32(23)14-17/h5-10,12,15-17,25H,1,11,13-14H2,2-4H3/t16?,17-,25-/m0/s1. The van der Waals surface area contributed by atoms with E-state index in [0.717, 1.165) is 46.9 Å². The van der Waals surface area contributed by atoms with Crippen LogP contribution in [0.15, 0.2) is 75.9 Å². The van der Waals surface area contributed by atoms with Crippen molar-refractivity contribution in [3.05, 3.63) is 82.3 Å². The van der Waals surface area contributed by atoms with Crippen LogP contribution in [0, 0.1) is 17.7 Å². The average molecular weight is 456 g/mol.